The Bertz CT molecular complexity index is 636. The summed E-state index contributed by atoms with van der Waals surface area (Å²) in [5.74, 6) is 1.06. The van der Waals surface area contributed by atoms with Crippen molar-refractivity contribution in [3.05, 3.63) is 46.6 Å². The quantitative estimate of drug-likeness (QED) is 0.849. The lowest BCUT2D eigenvalue weighted by Gasteiger charge is -2.37. The van der Waals surface area contributed by atoms with Gasteiger partial charge >= 0.3 is 0 Å². The first-order valence-corrected chi connectivity index (χ1v) is 7.91. The summed E-state index contributed by atoms with van der Waals surface area (Å²) in [5.41, 5.74) is 8.92. The maximum absolute atomic E-state index is 5.86. The maximum atomic E-state index is 5.86. The normalized spacial score (nSPS) is 15.3. The molecule has 4 nitrogen and oxygen atoms in total. The smallest absolute Gasteiger partial charge is 0.128 e. The SMILES string of the molecule is Cc1nc(N2CCN(c3cccc(N)c3)CC2)ccc1Br. The number of hydrogen-bond acceptors (Lipinski definition) is 4. The monoisotopic (exact) mass is 346 g/mol. The number of nitrogens with zero attached hydrogens (tertiary/aromatic N) is 3. The van der Waals surface area contributed by atoms with Crippen molar-refractivity contribution in [2.75, 3.05) is 41.7 Å². The number of rotatable bonds is 2. The second kappa shape index (κ2) is 5.93. The van der Waals surface area contributed by atoms with Crippen molar-refractivity contribution in [1.29, 1.82) is 0 Å². The molecule has 1 aliphatic heterocycles. The van der Waals surface area contributed by atoms with Crippen LogP contribution in [0.2, 0.25) is 0 Å². The van der Waals surface area contributed by atoms with Gasteiger partial charge in [0.2, 0.25) is 0 Å². The second-order valence-electron chi connectivity index (χ2n) is 5.31. The molecule has 2 heterocycles. The lowest BCUT2D eigenvalue weighted by molar-refractivity contribution is 0.647. The molecule has 2 N–H and O–H groups in total. The summed E-state index contributed by atoms with van der Waals surface area (Å²) in [5, 5.41) is 0. The molecule has 0 spiro atoms. The molecule has 1 aliphatic rings. The Kier molecular flexibility index (Phi) is 4.01. The highest BCUT2D eigenvalue weighted by atomic mass is 79.9. The molecule has 1 aromatic carbocycles. The van der Waals surface area contributed by atoms with E-state index < -0.39 is 0 Å². The Morgan fingerprint density at radius 1 is 1.05 bits per heavy atom. The minimum atomic E-state index is 0.820. The van der Waals surface area contributed by atoms with Crippen molar-refractivity contribution in [2.45, 2.75) is 6.92 Å². The predicted octanol–water partition coefficient (Wildman–Crippen LogP) is 3.06. The standard InChI is InChI=1S/C16H19BrN4/c1-12-15(17)5-6-16(19-12)21-9-7-20(8-10-21)14-4-2-3-13(18)11-14/h2-6,11H,7-10,18H2,1H3. The minimum Gasteiger partial charge on any atom is -0.399 e. The number of benzene rings is 1. The van der Waals surface area contributed by atoms with E-state index in [4.69, 9.17) is 5.73 Å². The lowest BCUT2D eigenvalue weighted by Crippen LogP contribution is -2.46. The Labute approximate surface area is 133 Å². The summed E-state index contributed by atoms with van der Waals surface area (Å²) in [4.78, 5) is 9.36. The van der Waals surface area contributed by atoms with Crippen LogP contribution in [0, 0.1) is 6.92 Å². The van der Waals surface area contributed by atoms with Crippen molar-refractivity contribution in [3.63, 3.8) is 0 Å². The first-order valence-electron chi connectivity index (χ1n) is 7.12. The number of pyridine rings is 1. The number of anilines is 3. The highest BCUT2D eigenvalue weighted by molar-refractivity contribution is 9.10. The van der Waals surface area contributed by atoms with E-state index in [9.17, 15) is 0 Å². The van der Waals surface area contributed by atoms with Crippen molar-refractivity contribution >= 4 is 33.1 Å². The van der Waals surface area contributed by atoms with E-state index >= 15 is 0 Å². The molecule has 110 valence electrons. The Morgan fingerprint density at radius 3 is 2.43 bits per heavy atom. The zero-order chi connectivity index (χ0) is 14.8. The lowest BCUT2D eigenvalue weighted by atomic mass is 10.2. The second-order valence-corrected chi connectivity index (χ2v) is 6.16. The molecule has 5 heteroatoms. The Morgan fingerprint density at radius 2 is 1.76 bits per heavy atom. The van der Waals surface area contributed by atoms with E-state index in [0.29, 0.717) is 0 Å². The zero-order valence-electron chi connectivity index (χ0n) is 12.1. The van der Waals surface area contributed by atoms with Gasteiger partial charge in [0.25, 0.3) is 0 Å². The molecule has 3 rings (SSSR count). The number of nitrogens with two attached hydrogens (primary N) is 1. The van der Waals surface area contributed by atoms with Crippen molar-refractivity contribution in [2.24, 2.45) is 0 Å². The molecule has 0 radical (unpaired) electrons. The van der Waals surface area contributed by atoms with Gasteiger partial charge in [0, 0.05) is 42.0 Å². The highest BCUT2D eigenvalue weighted by Crippen LogP contribution is 2.23. The average molecular weight is 347 g/mol. The molecule has 0 saturated carbocycles. The van der Waals surface area contributed by atoms with Gasteiger partial charge in [0.1, 0.15) is 5.82 Å². The fourth-order valence-corrected chi connectivity index (χ4v) is 2.84. The molecule has 1 fully saturated rings. The first-order chi connectivity index (χ1) is 10.1. The van der Waals surface area contributed by atoms with E-state index in [-0.39, 0.29) is 0 Å². The average Bonchev–Trinajstić information content (AvgIpc) is 2.50. The zero-order valence-corrected chi connectivity index (χ0v) is 13.7. The first kappa shape index (κ1) is 14.2. The van der Waals surface area contributed by atoms with E-state index in [1.54, 1.807) is 0 Å². The number of aryl methyl sites for hydroxylation is 1. The minimum absolute atomic E-state index is 0.820. The number of hydrogen-bond donors (Lipinski definition) is 1. The van der Waals surface area contributed by atoms with E-state index in [0.717, 1.165) is 47.9 Å². The van der Waals surface area contributed by atoms with Crippen LogP contribution in [-0.4, -0.2) is 31.2 Å². The molecule has 2 aromatic rings. The van der Waals surface area contributed by atoms with Gasteiger partial charge < -0.3 is 15.5 Å². The topological polar surface area (TPSA) is 45.4 Å². The van der Waals surface area contributed by atoms with Gasteiger partial charge in [-0.2, -0.15) is 0 Å². The number of halogens is 1. The predicted molar refractivity (Wildman–Crippen MR) is 92.0 cm³/mol. The van der Waals surface area contributed by atoms with E-state index in [1.165, 1.54) is 5.69 Å². The van der Waals surface area contributed by atoms with Crippen LogP contribution in [0.4, 0.5) is 17.2 Å². The molecule has 0 aliphatic carbocycles. The summed E-state index contributed by atoms with van der Waals surface area (Å²) in [7, 11) is 0. The molecular weight excluding hydrogens is 328 g/mol. The van der Waals surface area contributed by atoms with Crippen LogP contribution < -0.4 is 15.5 Å². The van der Waals surface area contributed by atoms with Crippen LogP contribution in [0.5, 0.6) is 0 Å². The van der Waals surface area contributed by atoms with Crippen LogP contribution in [0.15, 0.2) is 40.9 Å². The van der Waals surface area contributed by atoms with Gasteiger partial charge in [0.05, 0.1) is 5.69 Å². The summed E-state index contributed by atoms with van der Waals surface area (Å²) in [6.45, 7) is 5.95. The van der Waals surface area contributed by atoms with Crippen LogP contribution in [0.1, 0.15) is 5.69 Å². The van der Waals surface area contributed by atoms with Crippen molar-refractivity contribution < 1.29 is 0 Å². The largest absolute Gasteiger partial charge is 0.399 e. The number of nitrogen functional groups attached to an aromatic ring is 1. The van der Waals surface area contributed by atoms with Crippen molar-refractivity contribution in [1.82, 2.24) is 4.98 Å². The van der Waals surface area contributed by atoms with Crippen LogP contribution in [-0.2, 0) is 0 Å². The van der Waals surface area contributed by atoms with Crippen LogP contribution >= 0.6 is 15.9 Å². The molecule has 1 aromatic heterocycles. The van der Waals surface area contributed by atoms with Gasteiger partial charge in [0.15, 0.2) is 0 Å². The van der Waals surface area contributed by atoms with Gasteiger partial charge in [-0.05, 0) is 53.2 Å². The molecule has 0 atom stereocenters. The molecule has 0 unspecified atom stereocenters. The molecule has 21 heavy (non-hydrogen) atoms. The number of aromatic nitrogens is 1. The third-order valence-electron chi connectivity index (χ3n) is 3.85. The fourth-order valence-electron chi connectivity index (χ4n) is 2.62. The molecule has 1 saturated heterocycles. The van der Waals surface area contributed by atoms with Gasteiger partial charge in [-0.1, -0.05) is 6.07 Å². The van der Waals surface area contributed by atoms with E-state index in [1.807, 2.05) is 25.1 Å². The molecule has 0 bridgehead atoms. The number of piperazine rings is 1. The summed E-state index contributed by atoms with van der Waals surface area (Å²) >= 11 is 3.50. The summed E-state index contributed by atoms with van der Waals surface area (Å²) < 4.78 is 1.06. The van der Waals surface area contributed by atoms with Crippen LogP contribution in [0.25, 0.3) is 0 Å². The van der Waals surface area contributed by atoms with Gasteiger partial charge in [-0.3, -0.25) is 0 Å². The maximum Gasteiger partial charge on any atom is 0.128 e. The molecular formula is C16H19BrN4. The Hall–Kier alpha value is -1.75. The summed E-state index contributed by atoms with van der Waals surface area (Å²) in [6, 6.07) is 12.2. The summed E-state index contributed by atoms with van der Waals surface area (Å²) in [6.07, 6.45) is 0. The van der Waals surface area contributed by atoms with Crippen molar-refractivity contribution in [3.8, 4) is 0 Å². The Balaban J connectivity index is 1.68. The molecule has 0 amide bonds. The fraction of sp³-hybridized carbons (Fsp3) is 0.312. The van der Waals surface area contributed by atoms with E-state index in [2.05, 4.69) is 48.9 Å². The van der Waals surface area contributed by atoms with Crippen LogP contribution in [0.3, 0.4) is 0 Å². The third kappa shape index (κ3) is 3.13. The highest BCUT2D eigenvalue weighted by Gasteiger charge is 2.18. The van der Waals surface area contributed by atoms with Gasteiger partial charge in [-0.15, -0.1) is 0 Å². The third-order valence-corrected chi connectivity index (χ3v) is 4.68. The van der Waals surface area contributed by atoms with Gasteiger partial charge in [-0.25, -0.2) is 4.98 Å².